The van der Waals surface area contributed by atoms with Crippen molar-refractivity contribution in [3.63, 3.8) is 0 Å². The molecule has 0 amide bonds. The van der Waals surface area contributed by atoms with E-state index in [1.165, 1.54) is 0 Å². The first-order valence-corrected chi connectivity index (χ1v) is 9.19. The van der Waals surface area contributed by atoms with E-state index in [4.69, 9.17) is 27.0 Å². The second kappa shape index (κ2) is 10.7. The van der Waals surface area contributed by atoms with Crippen LogP contribution >= 0.6 is 7.60 Å². The highest BCUT2D eigenvalue weighted by molar-refractivity contribution is 7.51. The van der Waals surface area contributed by atoms with Gasteiger partial charge in [0.25, 0.3) is 0 Å². The summed E-state index contributed by atoms with van der Waals surface area (Å²) in [4.78, 5) is 17.6. The molecule has 0 aliphatic carbocycles. The van der Waals surface area contributed by atoms with Crippen molar-refractivity contribution in [3.05, 3.63) is 0 Å². The van der Waals surface area contributed by atoms with E-state index in [9.17, 15) is 4.57 Å². The Labute approximate surface area is 122 Å². The van der Waals surface area contributed by atoms with E-state index >= 15 is 0 Å². The van der Waals surface area contributed by atoms with Crippen molar-refractivity contribution in [2.75, 3.05) is 52.0 Å². The van der Waals surface area contributed by atoms with Gasteiger partial charge in [0.2, 0.25) is 0 Å². The Balaban J connectivity index is 4.03. The maximum absolute atomic E-state index is 10.7. The quantitative estimate of drug-likeness (QED) is 0.175. The fraction of sp³-hybridized carbons (Fsp3) is 1.00. The van der Waals surface area contributed by atoms with Gasteiger partial charge >= 0.3 is 7.60 Å². The minimum atomic E-state index is -3.83. The number of quaternary nitrogens is 1. The summed E-state index contributed by atoms with van der Waals surface area (Å²) >= 11 is 0. The fourth-order valence-corrected chi connectivity index (χ4v) is 3.25. The molecule has 0 aliphatic heterocycles. The van der Waals surface area contributed by atoms with Gasteiger partial charge in [-0.15, -0.1) is 0 Å². The minimum absolute atomic E-state index is 0.0125. The molecule has 8 heteroatoms. The summed E-state index contributed by atoms with van der Waals surface area (Å²) in [7, 11) is -3.83. The van der Waals surface area contributed by atoms with Crippen molar-refractivity contribution >= 4 is 7.60 Å². The van der Waals surface area contributed by atoms with Crippen LogP contribution in [0.5, 0.6) is 0 Å². The average Bonchev–Trinajstić information content (AvgIpc) is 2.33. The molecule has 0 fully saturated rings. The van der Waals surface area contributed by atoms with Crippen molar-refractivity contribution < 1.29 is 18.8 Å². The summed E-state index contributed by atoms with van der Waals surface area (Å²) in [6.07, 6.45) is 3.40. The van der Waals surface area contributed by atoms with Gasteiger partial charge in [-0.25, -0.2) is 0 Å². The molecule has 0 spiro atoms. The Morgan fingerprint density at radius 1 is 0.750 bits per heavy atom. The van der Waals surface area contributed by atoms with E-state index in [2.05, 4.69) is 0 Å². The number of rotatable bonds is 13. The van der Waals surface area contributed by atoms with Crippen LogP contribution in [0, 0.1) is 0 Å². The molecule has 0 rings (SSSR count). The molecular formula is C12H32N4O3P+. The van der Waals surface area contributed by atoms with E-state index in [1.54, 1.807) is 0 Å². The molecular weight excluding hydrogens is 279 g/mol. The zero-order valence-electron chi connectivity index (χ0n) is 12.4. The minimum Gasteiger partial charge on any atom is -0.326 e. The topological polar surface area (TPSA) is 136 Å². The van der Waals surface area contributed by atoms with Gasteiger partial charge < -0.3 is 31.5 Å². The summed E-state index contributed by atoms with van der Waals surface area (Å²) in [5.41, 5.74) is 17.1. The molecule has 7 nitrogen and oxygen atoms in total. The summed E-state index contributed by atoms with van der Waals surface area (Å²) in [6, 6.07) is 0. The van der Waals surface area contributed by atoms with E-state index in [1.807, 2.05) is 0 Å². The summed E-state index contributed by atoms with van der Waals surface area (Å²) in [5.74, 6) is 0. The summed E-state index contributed by atoms with van der Waals surface area (Å²) in [6.45, 7) is 5.51. The van der Waals surface area contributed by atoms with Crippen LogP contribution in [0.15, 0.2) is 0 Å². The zero-order chi connectivity index (χ0) is 15.5. The van der Waals surface area contributed by atoms with Crippen LogP contribution in [0.2, 0.25) is 0 Å². The first kappa shape index (κ1) is 20.0. The standard InChI is InChI=1S/C12H31N4O3P/c13-5-9-16(10-6-14,11-7-15)8-3-1-2-4-12-20(17,18)19/h1-15H2,(H-,17,18,19)/p+1. The predicted molar refractivity (Wildman–Crippen MR) is 82.3 cm³/mol. The smallest absolute Gasteiger partial charge is 0.325 e. The molecule has 0 radical (unpaired) electrons. The van der Waals surface area contributed by atoms with Crippen LogP contribution in [0.4, 0.5) is 0 Å². The summed E-state index contributed by atoms with van der Waals surface area (Å²) in [5, 5.41) is 0. The van der Waals surface area contributed by atoms with Crippen molar-refractivity contribution in [1.82, 2.24) is 0 Å². The van der Waals surface area contributed by atoms with E-state index in [0.29, 0.717) is 26.1 Å². The second-order valence-corrected chi connectivity index (χ2v) is 7.18. The number of nitrogens with zero attached hydrogens (tertiary/aromatic N) is 1. The van der Waals surface area contributed by atoms with Crippen LogP contribution in [-0.2, 0) is 4.57 Å². The molecule has 0 aromatic carbocycles. The number of hydrogen-bond acceptors (Lipinski definition) is 4. The van der Waals surface area contributed by atoms with Crippen molar-refractivity contribution in [3.8, 4) is 0 Å². The molecule has 20 heavy (non-hydrogen) atoms. The average molecular weight is 311 g/mol. The van der Waals surface area contributed by atoms with Gasteiger partial charge in [-0.3, -0.25) is 4.57 Å². The number of hydrogen-bond donors (Lipinski definition) is 5. The lowest BCUT2D eigenvalue weighted by molar-refractivity contribution is -0.924. The molecule has 0 bridgehead atoms. The van der Waals surface area contributed by atoms with E-state index in [0.717, 1.165) is 49.9 Å². The lowest BCUT2D eigenvalue weighted by Gasteiger charge is -2.38. The molecule has 0 unspecified atom stereocenters. The highest BCUT2D eigenvalue weighted by atomic mass is 31.2. The first-order valence-electron chi connectivity index (χ1n) is 7.39. The van der Waals surface area contributed by atoms with Gasteiger partial charge in [0.05, 0.1) is 26.2 Å². The van der Waals surface area contributed by atoms with Gasteiger partial charge in [0.1, 0.15) is 0 Å². The van der Waals surface area contributed by atoms with Gasteiger partial charge in [0.15, 0.2) is 0 Å². The Hall–Kier alpha value is -0.0100. The van der Waals surface area contributed by atoms with Crippen LogP contribution in [-0.4, -0.2) is 66.2 Å². The number of nitrogens with two attached hydrogens (primary N) is 3. The van der Waals surface area contributed by atoms with Gasteiger partial charge in [-0.2, -0.15) is 0 Å². The maximum atomic E-state index is 10.7. The van der Waals surface area contributed by atoms with Gasteiger partial charge in [0, 0.05) is 25.8 Å². The first-order chi connectivity index (χ1) is 9.39. The zero-order valence-corrected chi connectivity index (χ0v) is 13.3. The molecule has 0 saturated carbocycles. The highest BCUT2D eigenvalue weighted by Crippen LogP contribution is 2.35. The monoisotopic (exact) mass is 311 g/mol. The lowest BCUT2D eigenvalue weighted by Crippen LogP contribution is -2.56. The van der Waals surface area contributed by atoms with Crippen molar-refractivity contribution in [2.45, 2.75) is 25.7 Å². The van der Waals surface area contributed by atoms with Crippen LogP contribution in [0.25, 0.3) is 0 Å². The largest absolute Gasteiger partial charge is 0.326 e. The van der Waals surface area contributed by atoms with Gasteiger partial charge in [-0.05, 0) is 19.3 Å². The molecule has 0 aromatic heterocycles. The molecule has 0 atom stereocenters. The molecule has 0 aromatic rings. The third-order valence-electron chi connectivity index (χ3n) is 3.64. The molecule has 122 valence electrons. The Kier molecular flexibility index (Phi) is 10.7. The van der Waals surface area contributed by atoms with Crippen LogP contribution in [0.3, 0.4) is 0 Å². The molecule has 8 N–H and O–H groups in total. The van der Waals surface area contributed by atoms with Crippen LogP contribution < -0.4 is 17.2 Å². The van der Waals surface area contributed by atoms with Gasteiger partial charge in [-0.1, -0.05) is 6.42 Å². The van der Waals surface area contributed by atoms with Crippen molar-refractivity contribution in [1.29, 1.82) is 0 Å². The molecule has 0 heterocycles. The SMILES string of the molecule is NCC[N+](CCN)(CCN)CCCCCCP(=O)(O)O. The lowest BCUT2D eigenvalue weighted by atomic mass is 10.1. The molecule has 0 saturated heterocycles. The second-order valence-electron chi connectivity index (χ2n) is 5.40. The fourth-order valence-electron chi connectivity index (χ4n) is 2.61. The number of unbranched alkanes of at least 4 members (excludes halogenated alkanes) is 3. The Morgan fingerprint density at radius 3 is 1.60 bits per heavy atom. The predicted octanol–water partition coefficient (Wildman–Crippen LogP) is -0.583. The van der Waals surface area contributed by atoms with E-state index < -0.39 is 7.60 Å². The Morgan fingerprint density at radius 2 is 1.20 bits per heavy atom. The van der Waals surface area contributed by atoms with Crippen molar-refractivity contribution in [2.24, 2.45) is 17.2 Å². The maximum Gasteiger partial charge on any atom is 0.325 e. The van der Waals surface area contributed by atoms with Crippen LogP contribution in [0.1, 0.15) is 25.7 Å². The molecule has 0 aliphatic rings. The highest BCUT2D eigenvalue weighted by Gasteiger charge is 2.24. The third kappa shape index (κ3) is 9.83. The normalized spacial score (nSPS) is 12.8. The third-order valence-corrected chi connectivity index (χ3v) is 4.54. The van der Waals surface area contributed by atoms with E-state index in [-0.39, 0.29) is 6.16 Å². The summed E-state index contributed by atoms with van der Waals surface area (Å²) < 4.78 is 11.6. The Bertz CT molecular complexity index is 269.